The summed E-state index contributed by atoms with van der Waals surface area (Å²) < 4.78 is 0. The molecule has 0 radical (unpaired) electrons. The van der Waals surface area contributed by atoms with Crippen LogP contribution in [0.5, 0.6) is 0 Å². The summed E-state index contributed by atoms with van der Waals surface area (Å²) in [6.07, 6.45) is -0.460. The van der Waals surface area contributed by atoms with Crippen molar-refractivity contribution in [2.75, 3.05) is 45.8 Å². The number of hydrogen-bond acceptors (Lipinski definition) is 4. The lowest BCUT2D eigenvalue weighted by molar-refractivity contribution is -0.139. The average molecular weight is 390 g/mol. The van der Waals surface area contributed by atoms with Crippen LogP contribution in [0.1, 0.15) is 18.6 Å². The maximum atomic E-state index is 12.5. The van der Waals surface area contributed by atoms with Crippen molar-refractivity contribution in [1.29, 1.82) is 0 Å². The predicted molar refractivity (Wildman–Crippen MR) is 104 cm³/mol. The molecule has 5 nitrogen and oxygen atoms in total. The molecule has 142 valence electrons. The normalized spacial score (nSPS) is 20.6. The van der Waals surface area contributed by atoms with Gasteiger partial charge < -0.3 is 15.3 Å². The first kappa shape index (κ1) is 22.2. The van der Waals surface area contributed by atoms with Gasteiger partial charge in [0.2, 0.25) is 5.91 Å². The molecular formula is C18H29Cl2N3O2. The van der Waals surface area contributed by atoms with Gasteiger partial charge in [0.05, 0.1) is 6.10 Å². The monoisotopic (exact) mass is 389 g/mol. The fourth-order valence-electron chi connectivity index (χ4n) is 3.33. The number of carbonyl (C=O) groups is 1. The van der Waals surface area contributed by atoms with Crippen molar-refractivity contribution in [3.63, 3.8) is 0 Å². The van der Waals surface area contributed by atoms with Crippen LogP contribution in [0.2, 0.25) is 0 Å². The number of carbonyl (C=O) groups excluding carboxylic acids is 1. The highest BCUT2D eigenvalue weighted by Gasteiger charge is 2.33. The number of benzene rings is 1. The molecule has 0 aliphatic carbocycles. The van der Waals surface area contributed by atoms with Gasteiger partial charge in [-0.3, -0.25) is 9.69 Å². The number of aliphatic hydroxyl groups excluding tert-OH is 1. The first-order valence-electron chi connectivity index (χ1n) is 8.60. The highest BCUT2D eigenvalue weighted by molar-refractivity contribution is 5.85. The lowest BCUT2D eigenvalue weighted by Crippen LogP contribution is -2.54. The van der Waals surface area contributed by atoms with Crippen molar-refractivity contribution >= 4 is 30.7 Å². The fraction of sp³-hybridized carbons (Fsp3) is 0.611. The van der Waals surface area contributed by atoms with Crippen LogP contribution in [0.4, 0.5) is 0 Å². The van der Waals surface area contributed by atoms with E-state index < -0.39 is 6.10 Å². The van der Waals surface area contributed by atoms with Gasteiger partial charge in [0.15, 0.2) is 0 Å². The molecule has 2 N–H and O–H groups in total. The molecule has 2 saturated heterocycles. The Morgan fingerprint density at radius 1 is 1.16 bits per heavy atom. The van der Waals surface area contributed by atoms with Crippen molar-refractivity contribution in [2.24, 2.45) is 11.8 Å². The second-order valence-corrected chi connectivity index (χ2v) is 6.76. The van der Waals surface area contributed by atoms with E-state index in [1.165, 1.54) is 0 Å². The minimum atomic E-state index is -0.460. The van der Waals surface area contributed by atoms with Gasteiger partial charge in [-0.25, -0.2) is 0 Å². The molecule has 0 aromatic heterocycles. The topological polar surface area (TPSA) is 55.8 Å². The summed E-state index contributed by atoms with van der Waals surface area (Å²) in [6, 6.07) is 9.77. The van der Waals surface area contributed by atoms with Gasteiger partial charge in [0, 0.05) is 38.6 Å². The Balaban J connectivity index is 0.00000156. The molecule has 2 fully saturated rings. The molecule has 25 heavy (non-hydrogen) atoms. The number of piperazine rings is 1. The number of nitrogens with zero attached hydrogens (tertiary/aromatic N) is 2. The van der Waals surface area contributed by atoms with Gasteiger partial charge >= 0.3 is 0 Å². The Labute approximate surface area is 162 Å². The van der Waals surface area contributed by atoms with Crippen LogP contribution in [0.25, 0.3) is 0 Å². The van der Waals surface area contributed by atoms with Crippen molar-refractivity contribution in [2.45, 2.75) is 13.0 Å². The molecule has 1 amide bonds. The van der Waals surface area contributed by atoms with E-state index in [-0.39, 0.29) is 30.7 Å². The summed E-state index contributed by atoms with van der Waals surface area (Å²) in [4.78, 5) is 16.8. The Morgan fingerprint density at radius 2 is 1.76 bits per heavy atom. The van der Waals surface area contributed by atoms with Crippen molar-refractivity contribution < 1.29 is 9.90 Å². The van der Waals surface area contributed by atoms with Crippen LogP contribution in [0.15, 0.2) is 30.3 Å². The van der Waals surface area contributed by atoms with Gasteiger partial charge in [0.1, 0.15) is 0 Å². The second-order valence-electron chi connectivity index (χ2n) is 6.76. The Hall–Kier alpha value is -0.850. The van der Waals surface area contributed by atoms with Crippen LogP contribution in [0.3, 0.4) is 0 Å². The van der Waals surface area contributed by atoms with Gasteiger partial charge in [-0.2, -0.15) is 0 Å². The van der Waals surface area contributed by atoms with Crippen LogP contribution >= 0.6 is 24.8 Å². The molecule has 3 rings (SSSR count). The van der Waals surface area contributed by atoms with Crippen molar-refractivity contribution in [3.8, 4) is 0 Å². The minimum absolute atomic E-state index is 0. The number of β-amino-alcohol motifs (C(OH)–C–C–N with tert-alkyl or cyclic N) is 1. The summed E-state index contributed by atoms with van der Waals surface area (Å²) >= 11 is 0. The summed E-state index contributed by atoms with van der Waals surface area (Å²) in [5, 5.41) is 13.6. The van der Waals surface area contributed by atoms with Gasteiger partial charge in [-0.1, -0.05) is 37.3 Å². The summed E-state index contributed by atoms with van der Waals surface area (Å²) in [5.74, 6) is 0.915. The molecule has 1 aromatic rings. The molecule has 2 aliphatic heterocycles. The molecule has 2 heterocycles. The Morgan fingerprint density at radius 3 is 2.28 bits per heavy atom. The molecule has 2 atom stereocenters. The average Bonchev–Trinajstić information content (AvgIpc) is 2.54. The van der Waals surface area contributed by atoms with E-state index in [1.54, 1.807) is 0 Å². The Bertz CT molecular complexity index is 520. The zero-order valence-electron chi connectivity index (χ0n) is 14.6. The maximum Gasteiger partial charge on any atom is 0.225 e. The van der Waals surface area contributed by atoms with Crippen LogP contribution in [-0.2, 0) is 4.79 Å². The SMILES string of the molecule is CC(C(=O)N1CCN(CC(O)c2ccccc2)CC1)C1CNC1.Cl.Cl. The van der Waals surface area contributed by atoms with Crippen LogP contribution in [0, 0.1) is 11.8 Å². The predicted octanol–water partition coefficient (Wildman–Crippen LogP) is 1.56. The van der Waals surface area contributed by atoms with E-state index in [2.05, 4.69) is 17.1 Å². The van der Waals surface area contributed by atoms with E-state index >= 15 is 0 Å². The summed E-state index contributed by atoms with van der Waals surface area (Å²) in [6.45, 7) is 7.84. The van der Waals surface area contributed by atoms with Gasteiger partial charge in [0.25, 0.3) is 0 Å². The zero-order valence-corrected chi connectivity index (χ0v) is 16.3. The molecular weight excluding hydrogens is 361 g/mol. The molecule has 1 aromatic carbocycles. The molecule has 2 aliphatic rings. The first-order valence-corrected chi connectivity index (χ1v) is 8.60. The lowest BCUT2D eigenvalue weighted by atomic mass is 9.88. The van der Waals surface area contributed by atoms with Crippen molar-refractivity contribution in [1.82, 2.24) is 15.1 Å². The molecule has 7 heteroatoms. The third-order valence-corrected chi connectivity index (χ3v) is 5.21. The number of amides is 1. The standard InChI is InChI=1S/C18H27N3O2.2ClH/c1-14(16-11-19-12-16)18(23)21-9-7-20(8-10-21)13-17(22)15-5-3-2-4-6-15;;/h2-6,14,16-17,19,22H,7-13H2,1H3;2*1H. The van der Waals surface area contributed by atoms with E-state index in [4.69, 9.17) is 0 Å². The smallest absolute Gasteiger partial charge is 0.225 e. The maximum absolute atomic E-state index is 12.5. The van der Waals surface area contributed by atoms with E-state index in [1.807, 2.05) is 35.2 Å². The lowest BCUT2D eigenvalue weighted by Gasteiger charge is -2.39. The van der Waals surface area contributed by atoms with Gasteiger partial charge in [-0.05, 0) is 24.6 Å². The number of halogens is 2. The minimum Gasteiger partial charge on any atom is -0.387 e. The Kier molecular flexibility index (Phi) is 9.17. The van der Waals surface area contributed by atoms with E-state index in [0.29, 0.717) is 18.4 Å². The molecule has 0 saturated carbocycles. The van der Waals surface area contributed by atoms with E-state index in [0.717, 1.165) is 44.8 Å². The number of nitrogens with one attached hydrogen (secondary N) is 1. The number of hydrogen-bond donors (Lipinski definition) is 2. The largest absolute Gasteiger partial charge is 0.387 e. The molecule has 0 bridgehead atoms. The van der Waals surface area contributed by atoms with Crippen LogP contribution < -0.4 is 5.32 Å². The first-order chi connectivity index (χ1) is 11.1. The third kappa shape index (κ3) is 5.56. The number of rotatable bonds is 5. The van der Waals surface area contributed by atoms with Crippen molar-refractivity contribution in [3.05, 3.63) is 35.9 Å². The highest BCUT2D eigenvalue weighted by atomic mass is 35.5. The zero-order chi connectivity index (χ0) is 16.2. The molecule has 0 spiro atoms. The molecule has 2 unspecified atom stereocenters. The summed E-state index contributed by atoms with van der Waals surface area (Å²) in [7, 11) is 0. The summed E-state index contributed by atoms with van der Waals surface area (Å²) in [5.41, 5.74) is 0.956. The quantitative estimate of drug-likeness (QED) is 0.802. The number of aliphatic hydroxyl groups is 1. The van der Waals surface area contributed by atoms with E-state index in [9.17, 15) is 9.90 Å². The fourth-order valence-corrected chi connectivity index (χ4v) is 3.33. The second kappa shape index (κ2) is 10.3. The third-order valence-electron chi connectivity index (χ3n) is 5.21. The highest BCUT2D eigenvalue weighted by Crippen LogP contribution is 2.20. The van der Waals surface area contributed by atoms with Gasteiger partial charge in [-0.15, -0.1) is 24.8 Å². The van der Waals surface area contributed by atoms with Crippen LogP contribution in [-0.4, -0.2) is 66.6 Å².